The Morgan fingerprint density at radius 3 is 3.00 bits per heavy atom. The van der Waals surface area contributed by atoms with Crippen LogP contribution < -0.4 is 21.7 Å². The lowest BCUT2D eigenvalue weighted by molar-refractivity contribution is 0.714. The number of nitrogens with two attached hydrogens (primary N) is 1. The van der Waals surface area contributed by atoms with Gasteiger partial charge in [0.1, 0.15) is 5.65 Å². The Hall–Kier alpha value is -3.46. The van der Waals surface area contributed by atoms with Gasteiger partial charge < -0.3 is 10.1 Å². The molecule has 9 nitrogen and oxygen atoms in total. The Morgan fingerprint density at radius 2 is 2.19 bits per heavy atom. The molecule has 0 bridgehead atoms. The molecule has 4 heterocycles. The Morgan fingerprint density at radius 1 is 1.31 bits per heavy atom. The summed E-state index contributed by atoms with van der Waals surface area (Å²) >= 11 is 0. The van der Waals surface area contributed by atoms with Gasteiger partial charge >= 0.3 is 0 Å². The van der Waals surface area contributed by atoms with E-state index in [4.69, 9.17) is 5.73 Å². The molecule has 132 valence electrons. The highest BCUT2D eigenvalue weighted by Crippen LogP contribution is 2.27. The van der Waals surface area contributed by atoms with Gasteiger partial charge in [0.15, 0.2) is 11.6 Å². The van der Waals surface area contributed by atoms with Crippen LogP contribution in [0, 0.1) is 6.92 Å². The summed E-state index contributed by atoms with van der Waals surface area (Å²) in [6.07, 6.45) is 8.73. The quantitative estimate of drug-likeness (QED) is 0.609. The third-order valence-corrected chi connectivity index (χ3v) is 4.16. The first-order valence-electron chi connectivity index (χ1n) is 8.13. The number of rotatable bonds is 4. The van der Waals surface area contributed by atoms with Gasteiger partial charge in [-0.1, -0.05) is 6.07 Å². The number of imidazole rings is 1. The number of pyridine rings is 1. The highest BCUT2D eigenvalue weighted by Gasteiger charge is 2.23. The summed E-state index contributed by atoms with van der Waals surface area (Å²) in [5, 5.41) is 1.90. The molecule has 0 saturated carbocycles. The molecular weight excluding hydrogens is 330 g/mol. The summed E-state index contributed by atoms with van der Waals surface area (Å²) in [7, 11) is 1.69. The van der Waals surface area contributed by atoms with Gasteiger partial charge in [-0.05, 0) is 18.6 Å². The van der Waals surface area contributed by atoms with E-state index in [2.05, 4.69) is 41.5 Å². The summed E-state index contributed by atoms with van der Waals surface area (Å²) in [5.74, 6) is 1.37. The molecule has 4 N–H and O–H groups in total. The van der Waals surface area contributed by atoms with E-state index in [1.165, 1.54) is 6.20 Å². The molecule has 1 aliphatic heterocycles. The van der Waals surface area contributed by atoms with Crippen LogP contribution in [-0.4, -0.2) is 32.6 Å². The number of nitrogens with one attached hydrogen (secondary N) is 2. The molecule has 9 heteroatoms. The van der Waals surface area contributed by atoms with E-state index < -0.39 is 0 Å². The molecule has 26 heavy (non-hydrogen) atoms. The Kier molecular flexibility index (Phi) is 3.98. The van der Waals surface area contributed by atoms with Crippen LogP contribution in [0.2, 0.25) is 0 Å². The van der Waals surface area contributed by atoms with Crippen molar-refractivity contribution in [1.29, 1.82) is 0 Å². The molecule has 0 aliphatic carbocycles. The number of allylic oxidation sites excluding steroid dienone is 1. The fraction of sp³-hybridized carbons (Fsp3) is 0.176. The monoisotopic (exact) mass is 349 g/mol. The van der Waals surface area contributed by atoms with Crippen molar-refractivity contribution in [3.05, 3.63) is 53.9 Å². The Balaban J connectivity index is 1.64. The molecule has 0 unspecified atom stereocenters. The van der Waals surface area contributed by atoms with E-state index in [0.717, 1.165) is 16.9 Å². The van der Waals surface area contributed by atoms with Crippen molar-refractivity contribution in [3.63, 3.8) is 0 Å². The third-order valence-electron chi connectivity index (χ3n) is 4.16. The van der Waals surface area contributed by atoms with E-state index in [-0.39, 0.29) is 0 Å². The van der Waals surface area contributed by atoms with Crippen molar-refractivity contribution in [3.8, 4) is 0 Å². The molecule has 0 spiro atoms. The minimum Gasteiger partial charge on any atom is -0.404 e. The fourth-order valence-corrected chi connectivity index (χ4v) is 2.84. The minimum absolute atomic E-state index is 0.606. The number of aromatic nitrogens is 4. The SMILES string of the molecule is CN=CC(=CN)c1cnc2c(n1)N(Cc1ccc3ncc(C)n3c1)NN2. The number of hydrogen-bond donors (Lipinski definition) is 3. The van der Waals surface area contributed by atoms with Crippen LogP contribution in [0.5, 0.6) is 0 Å². The number of hydrazine groups is 2. The van der Waals surface area contributed by atoms with Crippen LogP contribution in [-0.2, 0) is 6.54 Å². The average molecular weight is 349 g/mol. The Labute approximate surface area is 150 Å². The zero-order chi connectivity index (χ0) is 18.1. The molecule has 0 fully saturated rings. The van der Waals surface area contributed by atoms with E-state index >= 15 is 0 Å². The normalized spacial score (nSPS) is 14.2. The van der Waals surface area contributed by atoms with Crippen LogP contribution in [0.15, 0.2) is 41.9 Å². The van der Waals surface area contributed by atoms with Crippen LogP contribution in [0.1, 0.15) is 17.0 Å². The summed E-state index contributed by atoms with van der Waals surface area (Å²) in [6.45, 7) is 2.64. The second kappa shape index (κ2) is 6.45. The fourth-order valence-electron chi connectivity index (χ4n) is 2.84. The summed E-state index contributed by atoms with van der Waals surface area (Å²) in [5.41, 5.74) is 16.3. The van der Waals surface area contributed by atoms with Crippen molar-refractivity contribution in [2.24, 2.45) is 10.7 Å². The van der Waals surface area contributed by atoms with Gasteiger partial charge in [0.05, 0.1) is 18.4 Å². The standard InChI is InChI=1S/C17H19N9/c1-11-6-20-15-4-3-12(9-25(11)15)10-26-17-16(23-24-26)21-8-14(22-17)13(5-18)7-19-2/h3-9,24H,10,18H2,1-2H3,(H,21,23). The van der Waals surface area contributed by atoms with Crippen LogP contribution in [0.25, 0.3) is 11.2 Å². The maximum atomic E-state index is 5.68. The van der Waals surface area contributed by atoms with Crippen molar-refractivity contribution in [2.75, 3.05) is 17.5 Å². The smallest absolute Gasteiger partial charge is 0.190 e. The van der Waals surface area contributed by atoms with Gasteiger partial charge in [-0.25, -0.2) is 15.0 Å². The number of hydrogen-bond acceptors (Lipinski definition) is 8. The van der Waals surface area contributed by atoms with E-state index in [0.29, 0.717) is 29.4 Å². The highest BCUT2D eigenvalue weighted by molar-refractivity contribution is 6.08. The lowest BCUT2D eigenvalue weighted by Gasteiger charge is -2.17. The maximum absolute atomic E-state index is 5.68. The Bertz CT molecular complexity index is 1020. The molecule has 0 radical (unpaired) electrons. The van der Waals surface area contributed by atoms with Crippen LogP contribution in [0.4, 0.5) is 11.6 Å². The highest BCUT2D eigenvalue weighted by atomic mass is 15.7. The van der Waals surface area contributed by atoms with Gasteiger partial charge in [0.25, 0.3) is 0 Å². The third kappa shape index (κ3) is 2.74. The van der Waals surface area contributed by atoms with Crippen LogP contribution >= 0.6 is 0 Å². The zero-order valence-electron chi connectivity index (χ0n) is 14.5. The van der Waals surface area contributed by atoms with Gasteiger partial charge in [0.2, 0.25) is 0 Å². The van der Waals surface area contributed by atoms with Gasteiger partial charge in [-0.3, -0.25) is 15.4 Å². The molecule has 0 amide bonds. The predicted octanol–water partition coefficient (Wildman–Crippen LogP) is 1.28. The summed E-state index contributed by atoms with van der Waals surface area (Å²) in [6, 6.07) is 4.05. The lowest BCUT2D eigenvalue weighted by Crippen LogP contribution is -2.35. The number of nitrogens with zero attached hydrogens (tertiary/aromatic N) is 6. The molecule has 1 aliphatic rings. The molecular formula is C17H19N9. The van der Waals surface area contributed by atoms with Crippen LogP contribution in [0.3, 0.4) is 0 Å². The zero-order valence-corrected chi connectivity index (χ0v) is 14.5. The van der Waals surface area contributed by atoms with Crippen molar-refractivity contribution in [1.82, 2.24) is 24.9 Å². The van der Waals surface area contributed by atoms with Crippen molar-refractivity contribution in [2.45, 2.75) is 13.5 Å². The van der Waals surface area contributed by atoms with Gasteiger partial charge in [-0.2, -0.15) is 0 Å². The number of aliphatic imine (C=N–C) groups is 1. The van der Waals surface area contributed by atoms with E-state index in [1.54, 1.807) is 19.5 Å². The topological polar surface area (TPSA) is 109 Å². The molecule has 0 saturated heterocycles. The molecule has 3 aromatic heterocycles. The summed E-state index contributed by atoms with van der Waals surface area (Å²) in [4.78, 5) is 17.4. The molecule has 0 aromatic carbocycles. The first-order chi connectivity index (χ1) is 12.7. The largest absolute Gasteiger partial charge is 0.404 e. The van der Waals surface area contributed by atoms with E-state index in [1.807, 2.05) is 30.3 Å². The second-order valence-corrected chi connectivity index (χ2v) is 5.92. The van der Waals surface area contributed by atoms with Gasteiger partial charge in [-0.15, -0.1) is 5.53 Å². The first-order valence-corrected chi connectivity index (χ1v) is 8.13. The second-order valence-electron chi connectivity index (χ2n) is 5.92. The minimum atomic E-state index is 0.606. The predicted molar refractivity (Wildman–Crippen MR) is 101 cm³/mol. The van der Waals surface area contributed by atoms with E-state index in [9.17, 15) is 0 Å². The lowest BCUT2D eigenvalue weighted by atomic mass is 10.2. The van der Waals surface area contributed by atoms with Gasteiger partial charge in [0, 0.05) is 43.1 Å². The maximum Gasteiger partial charge on any atom is 0.190 e. The number of aryl methyl sites for hydroxylation is 1. The van der Waals surface area contributed by atoms with Crippen molar-refractivity contribution >= 4 is 29.1 Å². The molecule has 4 rings (SSSR count). The number of anilines is 2. The average Bonchev–Trinajstić information content (AvgIpc) is 3.23. The number of fused-ring (bicyclic) bond motifs is 2. The first kappa shape index (κ1) is 16.0. The summed E-state index contributed by atoms with van der Waals surface area (Å²) < 4.78 is 2.06. The molecule has 3 aromatic rings. The molecule has 0 atom stereocenters. The van der Waals surface area contributed by atoms with Crippen molar-refractivity contribution < 1.29 is 0 Å².